The number of carbonyl (C=O) groups excluding carboxylic acids is 1. The van der Waals surface area contributed by atoms with Crippen molar-refractivity contribution in [2.45, 2.75) is 13.0 Å². The standard InChI is InChI=1S/C15H22N2O2S/c16-7-9-20-12-14-6-8-17(10-14)15(18)19-11-13-4-2-1-3-5-13/h1-5,14H,6-12,16H2/t14-/m1/s1. The van der Waals surface area contributed by atoms with Crippen molar-refractivity contribution >= 4 is 17.9 Å². The molecule has 5 heteroatoms. The number of likely N-dealkylation sites (tertiary alicyclic amines) is 1. The highest BCUT2D eigenvalue weighted by Crippen LogP contribution is 2.21. The average molecular weight is 294 g/mol. The number of rotatable bonds is 6. The maximum atomic E-state index is 12.0. The maximum absolute atomic E-state index is 12.0. The third kappa shape index (κ3) is 4.72. The van der Waals surface area contributed by atoms with Crippen LogP contribution in [0.1, 0.15) is 12.0 Å². The number of nitrogens with two attached hydrogens (primary N) is 1. The lowest BCUT2D eigenvalue weighted by atomic mass is 10.2. The molecule has 0 unspecified atom stereocenters. The Morgan fingerprint density at radius 3 is 2.95 bits per heavy atom. The molecule has 1 fully saturated rings. The van der Waals surface area contributed by atoms with E-state index in [1.807, 2.05) is 47.0 Å². The molecular weight excluding hydrogens is 272 g/mol. The van der Waals surface area contributed by atoms with Gasteiger partial charge in [-0.25, -0.2) is 4.79 Å². The Bertz CT molecular complexity index is 414. The zero-order chi connectivity index (χ0) is 14.2. The minimum atomic E-state index is -0.194. The normalized spacial score (nSPS) is 18.2. The molecule has 1 aromatic rings. The van der Waals surface area contributed by atoms with Crippen LogP contribution >= 0.6 is 11.8 Å². The molecule has 0 radical (unpaired) electrons. The summed E-state index contributed by atoms with van der Waals surface area (Å²) < 4.78 is 5.35. The van der Waals surface area contributed by atoms with Crippen LogP contribution in [0.5, 0.6) is 0 Å². The smallest absolute Gasteiger partial charge is 0.410 e. The van der Waals surface area contributed by atoms with Crippen LogP contribution in [0.3, 0.4) is 0 Å². The van der Waals surface area contributed by atoms with Gasteiger partial charge in [-0.05, 0) is 23.7 Å². The monoisotopic (exact) mass is 294 g/mol. The van der Waals surface area contributed by atoms with Crippen LogP contribution in [0, 0.1) is 5.92 Å². The average Bonchev–Trinajstić information content (AvgIpc) is 2.95. The van der Waals surface area contributed by atoms with Crippen LogP contribution in [-0.2, 0) is 11.3 Å². The zero-order valence-corrected chi connectivity index (χ0v) is 12.5. The van der Waals surface area contributed by atoms with Crippen molar-refractivity contribution in [3.05, 3.63) is 35.9 Å². The van der Waals surface area contributed by atoms with Gasteiger partial charge in [0.15, 0.2) is 0 Å². The molecule has 0 saturated carbocycles. The minimum Gasteiger partial charge on any atom is -0.445 e. The summed E-state index contributed by atoms with van der Waals surface area (Å²) in [5.41, 5.74) is 6.50. The lowest BCUT2D eigenvalue weighted by Crippen LogP contribution is -2.29. The van der Waals surface area contributed by atoms with Gasteiger partial charge in [-0.1, -0.05) is 30.3 Å². The third-order valence-electron chi connectivity index (χ3n) is 3.36. The van der Waals surface area contributed by atoms with E-state index < -0.39 is 0 Å². The fourth-order valence-corrected chi connectivity index (χ4v) is 3.22. The molecule has 110 valence electrons. The van der Waals surface area contributed by atoms with Gasteiger partial charge in [0.25, 0.3) is 0 Å². The second-order valence-electron chi connectivity index (χ2n) is 5.00. The molecule has 2 N–H and O–H groups in total. The van der Waals surface area contributed by atoms with E-state index in [0.29, 0.717) is 12.5 Å². The van der Waals surface area contributed by atoms with E-state index in [2.05, 4.69) is 0 Å². The van der Waals surface area contributed by atoms with Crippen LogP contribution in [-0.4, -0.2) is 42.1 Å². The first-order valence-electron chi connectivity index (χ1n) is 7.03. The van der Waals surface area contributed by atoms with Gasteiger partial charge in [-0.3, -0.25) is 0 Å². The summed E-state index contributed by atoms with van der Waals surface area (Å²) in [6.07, 6.45) is 0.873. The van der Waals surface area contributed by atoms with Crippen LogP contribution in [0.15, 0.2) is 30.3 Å². The van der Waals surface area contributed by atoms with E-state index in [4.69, 9.17) is 10.5 Å². The summed E-state index contributed by atoms with van der Waals surface area (Å²) in [7, 11) is 0. The Balaban J connectivity index is 1.69. The molecule has 1 heterocycles. The molecule has 0 aromatic heterocycles. The molecule has 0 bridgehead atoms. The number of hydrogen-bond acceptors (Lipinski definition) is 4. The Morgan fingerprint density at radius 1 is 1.40 bits per heavy atom. The van der Waals surface area contributed by atoms with Crippen LogP contribution in [0.2, 0.25) is 0 Å². The Morgan fingerprint density at radius 2 is 2.20 bits per heavy atom. The van der Waals surface area contributed by atoms with Crippen molar-refractivity contribution in [1.29, 1.82) is 0 Å². The molecule has 4 nitrogen and oxygen atoms in total. The number of thioether (sulfide) groups is 1. The van der Waals surface area contributed by atoms with Crippen molar-refractivity contribution in [1.82, 2.24) is 4.90 Å². The Hall–Kier alpha value is -1.20. The van der Waals surface area contributed by atoms with Gasteiger partial charge in [0.1, 0.15) is 6.61 Å². The third-order valence-corrected chi connectivity index (χ3v) is 4.60. The van der Waals surface area contributed by atoms with Crippen LogP contribution in [0.25, 0.3) is 0 Å². The second-order valence-corrected chi connectivity index (χ2v) is 6.15. The highest BCUT2D eigenvalue weighted by Gasteiger charge is 2.26. The number of carbonyl (C=O) groups is 1. The molecule has 1 aliphatic rings. The fraction of sp³-hybridized carbons (Fsp3) is 0.533. The molecule has 20 heavy (non-hydrogen) atoms. The van der Waals surface area contributed by atoms with Crippen molar-refractivity contribution in [2.24, 2.45) is 11.7 Å². The van der Waals surface area contributed by atoms with Crippen molar-refractivity contribution in [3.8, 4) is 0 Å². The summed E-state index contributed by atoms with van der Waals surface area (Å²) in [6, 6.07) is 9.77. The van der Waals surface area contributed by atoms with E-state index in [1.165, 1.54) is 0 Å². The largest absolute Gasteiger partial charge is 0.445 e. The molecule has 1 aromatic carbocycles. The summed E-state index contributed by atoms with van der Waals surface area (Å²) >= 11 is 1.87. The van der Waals surface area contributed by atoms with E-state index in [0.717, 1.165) is 43.1 Å². The number of hydrogen-bond donors (Lipinski definition) is 1. The number of nitrogens with zero attached hydrogens (tertiary/aromatic N) is 1. The molecule has 1 aliphatic heterocycles. The summed E-state index contributed by atoms with van der Waals surface area (Å²) in [6.45, 7) is 2.69. The predicted octanol–water partition coefficient (Wildman–Crippen LogP) is 2.34. The summed E-state index contributed by atoms with van der Waals surface area (Å²) in [5, 5.41) is 0. The molecule has 1 amide bonds. The summed E-state index contributed by atoms with van der Waals surface area (Å²) in [5.74, 6) is 2.66. The van der Waals surface area contributed by atoms with E-state index in [-0.39, 0.29) is 6.09 Å². The van der Waals surface area contributed by atoms with Gasteiger partial charge in [0.05, 0.1) is 0 Å². The topological polar surface area (TPSA) is 55.6 Å². The molecule has 0 spiro atoms. The Labute approximate surface area is 124 Å². The first-order chi connectivity index (χ1) is 9.79. The van der Waals surface area contributed by atoms with Crippen molar-refractivity contribution < 1.29 is 9.53 Å². The van der Waals surface area contributed by atoms with Crippen molar-refractivity contribution in [3.63, 3.8) is 0 Å². The number of amides is 1. The van der Waals surface area contributed by atoms with Gasteiger partial charge in [0.2, 0.25) is 0 Å². The summed E-state index contributed by atoms with van der Waals surface area (Å²) in [4.78, 5) is 13.8. The van der Waals surface area contributed by atoms with E-state index >= 15 is 0 Å². The lowest BCUT2D eigenvalue weighted by Gasteiger charge is -2.16. The van der Waals surface area contributed by atoms with Gasteiger partial charge >= 0.3 is 6.09 Å². The second kappa shape index (κ2) is 8.17. The fourth-order valence-electron chi connectivity index (χ4n) is 2.28. The van der Waals surface area contributed by atoms with E-state index in [9.17, 15) is 4.79 Å². The zero-order valence-electron chi connectivity index (χ0n) is 11.7. The predicted molar refractivity (Wildman–Crippen MR) is 82.7 cm³/mol. The lowest BCUT2D eigenvalue weighted by molar-refractivity contribution is 0.103. The van der Waals surface area contributed by atoms with Gasteiger partial charge in [-0.2, -0.15) is 11.8 Å². The Kier molecular flexibility index (Phi) is 6.21. The molecule has 2 rings (SSSR count). The maximum Gasteiger partial charge on any atom is 0.410 e. The van der Waals surface area contributed by atoms with E-state index in [1.54, 1.807) is 0 Å². The SMILES string of the molecule is NCCSC[C@@H]1CCN(C(=O)OCc2ccccc2)C1. The van der Waals surface area contributed by atoms with Gasteiger partial charge < -0.3 is 15.4 Å². The highest BCUT2D eigenvalue weighted by atomic mass is 32.2. The first kappa shape index (κ1) is 15.2. The highest BCUT2D eigenvalue weighted by molar-refractivity contribution is 7.99. The van der Waals surface area contributed by atoms with Crippen LogP contribution < -0.4 is 5.73 Å². The van der Waals surface area contributed by atoms with Crippen molar-refractivity contribution in [2.75, 3.05) is 31.1 Å². The number of benzene rings is 1. The molecular formula is C15H22N2O2S. The van der Waals surface area contributed by atoms with Gasteiger partial charge in [-0.15, -0.1) is 0 Å². The molecule has 1 atom stereocenters. The quantitative estimate of drug-likeness (QED) is 0.818. The number of ether oxygens (including phenoxy) is 1. The molecule has 0 aliphatic carbocycles. The van der Waals surface area contributed by atoms with Gasteiger partial charge in [0, 0.05) is 25.4 Å². The first-order valence-corrected chi connectivity index (χ1v) is 8.18. The minimum absolute atomic E-state index is 0.194. The molecule has 1 saturated heterocycles. The van der Waals surface area contributed by atoms with Crippen LogP contribution in [0.4, 0.5) is 4.79 Å².